The number of nitrogens with one attached hydrogen (secondary N) is 1. The molecule has 0 spiro atoms. The van der Waals surface area contributed by atoms with Gasteiger partial charge in [-0.1, -0.05) is 41.9 Å². The van der Waals surface area contributed by atoms with Crippen molar-refractivity contribution >= 4 is 35.5 Å². The molecule has 0 saturated heterocycles. The maximum Gasteiger partial charge on any atom is 0.331 e. The topological polar surface area (TPSA) is 72.5 Å². The van der Waals surface area contributed by atoms with Gasteiger partial charge in [0.2, 0.25) is 0 Å². The van der Waals surface area contributed by atoms with Crippen molar-refractivity contribution in [3.8, 4) is 0 Å². The van der Waals surface area contributed by atoms with Crippen molar-refractivity contribution in [1.82, 2.24) is 5.32 Å². The Kier molecular flexibility index (Phi) is 6.28. The minimum atomic E-state index is -0.701. The standard InChI is InChI=1S/C18H14ClNO4/c19-15-8-4-5-13(11-15)9-10-17(22)24-12-16(21)20-18(23)14-6-2-1-3-7-14/h1-11H,12H2,(H,20,21,23)/b10-9+. The average Bonchev–Trinajstić information content (AvgIpc) is 2.59. The number of hydrogen-bond acceptors (Lipinski definition) is 4. The van der Waals surface area contributed by atoms with Gasteiger partial charge in [0.05, 0.1) is 0 Å². The normalized spacial score (nSPS) is 10.4. The Bertz CT molecular complexity index is 772. The Labute approximate surface area is 143 Å². The maximum absolute atomic E-state index is 11.7. The highest BCUT2D eigenvalue weighted by Gasteiger charge is 2.11. The van der Waals surface area contributed by atoms with Gasteiger partial charge in [0.15, 0.2) is 6.61 Å². The molecule has 0 aromatic heterocycles. The third-order valence-corrected chi connectivity index (χ3v) is 3.13. The lowest BCUT2D eigenvalue weighted by molar-refractivity contribution is -0.143. The number of halogens is 1. The van der Waals surface area contributed by atoms with Gasteiger partial charge in [-0.25, -0.2) is 4.79 Å². The molecule has 0 heterocycles. The van der Waals surface area contributed by atoms with E-state index < -0.39 is 24.4 Å². The van der Waals surface area contributed by atoms with Crippen molar-refractivity contribution in [2.45, 2.75) is 0 Å². The molecule has 0 radical (unpaired) electrons. The van der Waals surface area contributed by atoms with Crippen molar-refractivity contribution in [2.24, 2.45) is 0 Å². The van der Waals surface area contributed by atoms with Gasteiger partial charge in [0, 0.05) is 16.7 Å². The van der Waals surface area contributed by atoms with E-state index in [9.17, 15) is 14.4 Å². The summed E-state index contributed by atoms with van der Waals surface area (Å²) in [5.74, 6) is -1.95. The smallest absolute Gasteiger partial charge is 0.331 e. The predicted octanol–water partition coefficient (Wildman–Crippen LogP) is 2.85. The van der Waals surface area contributed by atoms with E-state index in [2.05, 4.69) is 5.32 Å². The molecular formula is C18H14ClNO4. The molecule has 0 aliphatic rings. The molecule has 0 atom stereocenters. The number of carbonyl (C=O) groups is 3. The quantitative estimate of drug-likeness (QED) is 0.669. The number of benzene rings is 2. The third-order valence-electron chi connectivity index (χ3n) is 2.89. The van der Waals surface area contributed by atoms with Gasteiger partial charge in [0.25, 0.3) is 11.8 Å². The average molecular weight is 344 g/mol. The summed E-state index contributed by atoms with van der Waals surface area (Å²) in [4.78, 5) is 34.9. The largest absolute Gasteiger partial charge is 0.452 e. The molecule has 0 aliphatic heterocycles. The van der Waals surface area contributed by atoms with Gasteiger partial charge < -0.3 is 4.74 Å². The molecule has 122 valence electrons. The molecular weight excluding hydrogens is 330 g/mol. The number of ether oxygens (including phenoxy) is 1. The summed E-state index contributed by atoms with van der Waals surface area (Å²) < 4.78 is 4.77. The van der Waals surface area contributed by atoms with Gasteiger partial charge >= 0.3 is 5.97 Å². The molecule has 0 bridgehead atoms. The summed E-state index contributed by atoms with van der Waals surface area (Å²) in [5, 5.41) is 2.68. The lowest BCUT2D eigenvalue weighted by Gasteiger charge is -2.04. The van der Waals surface area contributed by atoms with Gasteiger partial charge in [0.1, 0.15) is 0 Å². The monoisotopic (exact) mass is 343 g/mol. The van der Waals surface area contributed by atoms with Crippen LogP contribution in [0.15, 0.2) is 60.7 Å². The number of esters is 1. The SMILES string of the molecule is O=C(COC(=O)/C=C/c1cccc(Cl)c1)NC(=O)c1ccccc1. The molecule has 6 heteroatoms. The summed E-state index contributed by atoms with van der Waals surface area (Å²) in [7, 11) is 0. The van der Waals surface area contributed by atoms with Gasteiger partial charge in [-0.3, -0.25) is 14.9 Å². The lowest BCUT2D eigenvalue weighted by Crippen LogP contribution is -2.33. The second-order valence-corrected chi connectivity index (χ2v) is 5.18. The van der Waals surface area contributed by atoms with Crippen LogP contribution in [-0.2, 0) is 14.3 Å². The Morgan fingerprint density at radius 3 is 2.50 bits per heavy atom. The number of imide groups is 1. The minimum Gasteiger partial charge on any atom is -0.452 e. The number of rotatable bonds is 5. The predicted molar refractivity (Wildman–Crippen MR) is 90.4 cm³/mol. The molecule has 24 heavy (non-hydrogen) atoms. The van der Waals surface area contributed by atoms with Crippen molar-refractivity contribution in [2.75, 3.05) is 6.61 Å². The first kappa shape index (κ1) is 17.4. The lowest BCUT2D eigenvalue weighted by atomic mass is 10.2. The van der Waals surface area contributed by atoms with Crippen molar-refractivity contribution < 1.29 is 19.1 Å². The number of amides is 2. The Hall–Kier alpha value is -2.92. The molecule has 0 unspecified atom stereocenters. The van der Waals surface area contributed by atoms with Gasteiger partial charge in [-0.05, 0) is 35.9 Å². The fourth-order valence-corrected chi connectivity index (χ4v) is 1.98. The van der Waals surface area contributed by atoms with Crippen LogP contribution in [-0.4, -0.2) is 24.4 Å². The highest BCUT2D eigenvalue weighted by atomic mass is 35.5. The zero-order valence-electron chi connectivity index (χ0n) is 12.6. The van der Waals surface area contributed by atoms with Crippen LogP contribution in [0.1, 0.15) is 15.9 Å². The number of hydrogen-bond donors (Lipinski definition) is 1. The van der Waals surface area contributed by atoms with E-state index in [4.69, 9.17) is 16.3 Å². The van der Waals surface area contributed by atoms with Gasteiger partial charge in [-0.2, -0.15) is 0 Å². The molecule has 2 aromatic rings. The fraction of sp³-hybridized carbons (Fsp3) is 0.0556. The van der Waals surface area contributed by atoms with E-state index in [0.29, 0.717) is 10.6 Å². The van der Waals surface area contributed by atoms with E-state index in [0.717, 1.165) is 5.56 Å². The minimum absolute atomic E-state index is 0.345. The Balaban J connectivity index is 1.79. The Morgan fingerprint density at radius 2 is 1.79 bits per heavy atom. The van der Waals surface area contributed by atoms with Crippen LogP contribution in [0.25, 0.3) is 6.08 Å². The molecule has 5 nitrogen and oxygen atoms in total. The van der Waals surface area contributed by atoms with Crippen molar-refractivity contribution in [3.05, 3.63) is 76.8 Å². The van der Waals surface area contributed by atoms with E-state index in [-0.39, 0.29) is 0 Å². The van der Waals surface area contributed by atoms with Crippen LogP contribution in [0.3, 0.4) is 0 Å². The summed E-state index contributed by atoms with van der Waals surface area (Å²) in [5.41, 5.74) is 1.07. The molecule has 2 aromatic carbocycles. The Morgan fingerprint density at radius 1 is 1.04 bits per heavy atom. The van der Waals surface area contributed by atoms with E-state index in [1.54, 1.807) is 54.6 Å². The van der Waals surface area contributed by atoms with E-state index in [1.165, 1.54) is 12.2 Å². The summed E-state index contributed by atoms with van der Waals surface area (Å²) in [6, 6.07) is 15.2. The van der Waals surface area contributed by atoms with Crippen molar-refractivity contribution in [1.29, 1.82) is 0 Å². The van der Waals surface area contributed by atoms with Crippen LogP contribution in [0.2, 0.25) is 5.02 Å². The van der Waals surface area contributed by atoms with E-state index in [1.807, 2.05) is 0 Å². The molecule has 0 saturated carbocycles. The van der Waals surface area contributed by atoms with Crippen LogP contribution >= 0.6 is 11.6 Å². The van der Waals surface area contributed by atoms with Crippen LogP contribution in [0, 0.1) is 0 Å². The maximum atomic E-state index is 11.7. The van der Waals surface area contributed by atoms with Crippen molar-refractivity contribution in [3.63, 3.8) is 0 Å². The summed E-state index contributed by atoms with van der Waals surface area (Å²) in [6.45, 7) is -0.544. The van der Waals surface area contributed by atoms with Crippen LogP contribution in [0.4, 0.5) is 0 Å². The van der Waals surface area contributed by atoms with Crippen LogP contribution in [0.5, 0.6) is 0 Å². The first-order valence-electron chi connectivity index (χ1n) is 7.04. The number of carbonyl (C=O) groups excluding carboxylic acids is 3. The second-order valence-electron chi connectivity index (χ2n) is 4.74. The fourth-order valence-electron chi connectivity index (χ4n) is 1.78. The van der Waals surface area contributed by atoms with E-state index >= 15 is 0 Å². The highest BCUT2D eigenvalue weighted by molar-refractivity contribution is 6.30. The first-order valence-corrected chi connectivity index (χ1v) is 7.42. The molecule has 2 rings (SSSR count). The third kappa shape index (κ3) is 5.70. The molecule has 2 amide bonds. The summed E-state index contributed by atoms with van der Waals surface area (Å²) in [6.07, 6.45) is 2.69. The highest BCUT2D eigenvalue weighted by Crippen LogP contribution is 2.11. The van der Waals surface area contributed by atoms with Gasteiger partial charge in [-0.15, -0.1) is 0 Å². The second kappa shape index (κ2) is 8.64. The van der Waals surface area contributed by atoms with Crippen LogP contribution < -0.4 is 5.32 Å². The molecule has 0 fully saturated rings. The zero-order valence-corrected chi connectivity index (χ0v) is 13.3. The first-order chi connectivity index (χ1) is 11.5. The molecule has 0 aliphatic carbocycles. The molecule has 1 N–H and O–H groups in total. The zero-order chi connectivity index (χ0) is 17.4. The summed E-state index contributed by atoms with van der Waals surface area (Å²) >= 11 is 5.83.